The molecule has 4 rings (SSSR count). The Bertz CT molecular complexity index is 632. The first kappa shape index (κ1) is 22.6. The number of fused-ring (bicyclic) bond motifs is 5. The zero-order chi connectivity index (χ0) is 21.7. The van der Waals surface area contributed by atoms with E-state index in [1.807, 2.05) is 0 Å². The van der Waals surface area contributed by atoms with Crippen LogP contribution >= 0.6 is 0 Å². The molecule has 0 saturated heterocycles. The molecule has 0 aromatic carbocycles. The predicted octanol–water partition coefficient (Wildman–Crippen LogP) is 7.75. The molecule has 0 aromatic rings. The fourth-order valence-electron chi connectivity index (χ4n) is 9.61. The minimum atomic E-state index is -0.276. The highest BCUT2D eigenvalue weighted by atomic mass is 16.6. The van der Waals surface area contributed by atoms with Crippen LogP contribution in [-0.2, 0) is 0 Å². The molecule has 3 nitrogen and oxygen atoms in total. The summed E-state index contributed by atoms with van der Waals surface area (Å²) >= 11 is 0. The third kappa shape index (κ3) is 3.64. The smallest absolute Gasteiger partial charge is 0.216 e. The van der Waals surface area contributed by atoms with Gasteiger partial charge in [0.05, 0.1) is 0 Å². The summed E-state index contributed by atoms with van der Waals surface area (Å²) in [6, 6.07) is -0.276. The van der Waals surface area contributed by atoms with Crippen molar-refractivity contribution in [1.82, 2.24) is 0 Å². The van der Waals surface area contributed by atoms with Crippen LogP contribution in [0.1, 0.15) is 112 Å². The van der Waals surface area contributed by atoms with Gasteiger partial charge < -0.3 is 0 Å². The van der Waals surface area contributed by atoms with E-state index in [1.165, 1.54) is 64.2 Å². The van der Waals surface area contributed by atoms with Crippen LogP contribution in [0, 0.1) is 62.4 Å². The molecule has 172 valence electrons. The fraction of sp³-hybridized carbons (Fsp3) is 1.00. The number of nitrogens with zero attached hydrogens (tertiary/aromatic N) is 1. The zero-order valence-corrected chi connectivity index (χ0v) is 20.4. The summed E-state index contributed by atoms with van der Waals surface area (Å²) < 4.78 is 0. The van der Waals surface area contributed by atoms with Crippen LogP contribution in [0.2, 0.25) is 0 Å². The van der Waals surface area contributed by atoms with Gasteiger partial charge in [-0.25, -0.2) is 0 Å². The average Bonchev–Trinajstić information content (AvgIpc) is 3.03. The molecule has 4 aliphatic rings. The second kappa shape index (κ2) is 8.39. The summed E-state index contributed by atoms with van der Waals surface area (Å²) in [4.78, 5) is 12.3. The quantitative estimate of drug-likeness (QED) is 0.327. The normalized spacial score (nSPS) is 46.7. The Morgan fingerprint density at radius 2 is 1.63 bits per heavy atom. The van der Waals surface area contributed by atoms with E-state index in [4.69, 9.17) is 0 Å². The van der Waals surface area contributed by atoms with Gasteiger partial charge in [0, 0.05) is 17.3 Å². The molecular formula is C27H47NO2. The molecule has 0 bridgehead atoms. The Balaban J connectivity index is 1.54. The highest BCUT2D eigenvalue weighted by Crippen LogP contribution is 2.68. The number of hydrogen-bond acceptors (Lipinski definition) is 2. The Hall–Kier alpha value is -0.600. The summed E-state index contributed by atoms with van der Waals surface area (Å²) in [6.07, 6.45) is 15.2. The van der Waals surface area contributed by atoms with Crippen molar-refractivity contribution in [3.8, 4) is 0 Å². The van der Waals surface area contributed by atoms with Crippen molar-refractivity contribution in [2.24, 2.45) is 52.3 Å². The molecule has 0 spiro atoms. The molecule has 0 heterocycles. The van der Waals surface area contributed by atoms with Crippen LogP contribution in [-0.4, -0.2) is 11.0 Å². The minimum absolute atomic E-state index is 0.136. The largest absolute Gasteiger partial charge is 0.264 e. The second-order valence-electron chi connectivity index (χ2n) is 12.9. The number of nitro groups is 1. The Morgan fingerprint density at radius 1 is 0.900 bits per heavy atom. The predicted molar refractivity (Wildman–Crippen MR) is 124 cm³/mol. The van der Waals surface area contributed by atoms with Crippen molar-refractivity contribution in [2.75, 3.05) is 0 Å². The molecular weight excluding hydrogens is 370 g/mol. The molecule has 0 radical (unpaired) electrons. The van der Waals surface area contributed by atoms with Gasteiger partial charge in [-0.2, -0.15) is 0 Å². The monoisotopic (exact) mass is 417 g/mol. The maximum atomic E-state index is 12.1. The Labute approximate surface area is 185 Å². The molecule has 0 aliphatic heterocycles. The molecule has 4 fully saturated rings. The molecule has 9 unspecified atom stereocenters. The summed E-state index contributed by atoms with van der Waals surface area (Å²) in [7, 11) is 0. The van der Waals surface area contributed by atoms with Crippen molar-refractivity contribution < 1.29 is 4.92 Å². The van der Waals surface area contributed by atoms with Gasteiger partial charge in [0.2, 0.25) is 6.04 Å². The van der Waals surface area contributed by atoms with Gasteiger partial charge >= 0.3 is 0 Å². The van der Waals surface area contributed by atoms with E-state index in [1.54, 1.807) is 0 Å². The lowest BCUT2D eigenvalue weighted by Gasteiger charge is -2.60. The number of rotatable bonds is 6. The van der Waals surface area contributed by atoms with E-state index < -0.39 is 0 Å². The van der Waals surface area contributed by atoms with Gasteiger partial charge in [-0.1, -0.05) is 66.7 Å². The summed E-state index contributed by atoms with van der Waals surface area (Å²) in [5, 5.41) is 12.1. The van der Waals surface area contributed by atoms with E-state index in [-0.39, 0.29) is 16.4 Å². The standard InChI is InChI=1S/C27H47NO2/c1-18(2)9-8-10-19(3)21-12-13-22-20-17-25(28(29)30)24-11-6-7-15-26(24,4)23(20)14-16-27(21,22)5/h18-25H,6-17H2,1-5H3. The van der Waals surface area contributed by atoms with Gasteiger partial charge in [-0.3, -0.25) is 10.1 Å². The molecule has 4 saturated carbocycles. The van der Waals surface area contributed by atoms with E-state index in [0.717, 1.165) is 42.4 Å². The first-order valence-corrected chi connectivity index (χ1v) is 13.3. The van der Waals surface area contributed by atoms with Crippen molar-refractivity contribution >= 4 is 0 Å². The lowest BCUT2D eigenvalue weighted by atomic mass is 9.43. The topological polar surface area (TPSA) is 43.1 Å². The third-order valence-corrected chi connectivity index (χ3v) is 11.1. The molecule has 4 aliphatic carbocycles. The SMILES string of the molecule is CC(C)CCCC(C)C1CCC2C3CC([N+](=O)[O-])C4CCCCC4(C)C3CCC12C. The van der Waals surface area contributed by atoms with Crippen LogP contribution < -0.4 is 0 Å². The molecule has 0 N–H and O–H groups in total. The maximum Gasteiger partial charge on any atom is 0.216 e. The average molecular weight is 418 g/mol. The lowest BCUT2D eigenvalue weighted by Crippen LogP contribution is -2.58. The summed E-state index contributed by atoms with van der Waals surface area (Å²) in [6.45, 7) is 12.3. The molecule has 0 amide bonds. The highest BCUT2D eigenvalue weighted by molar-refractivity contribution is 5.11. The summed E-state index contributed by atoms with van der Waals surface area (Å²) in [5.41, 5.74) is 0.651. The van der Waals surface area contributed by atoms with Gasteiger partial charge in [-0.15, -0.1) is 0 Å². The Morgan fingerprint density at radius 3 is 2.33 bits per heavy atom. The Kier molecular flexibility index (Phi) is 6.32. The highest BCUT2D eigenvalue weighted by Gasteiger charge is 2.64. The molecule has 30 heavy (non-hydrogen) atoms. The summed E-state index contributed by atoms with van der Waals surface area (Å²) in [5.74, 6) is 4.86. The van der Waals surface area contributed by atoms with E-state index in [0.29, 0.717) is 17.3 Å². The molecule has 3 heteroatoms. The van der Waals surface area contributed by atoms with Gasteiger partial charge in [0.1, 0.15) is 0 Å². The van der Waals surface area contributed by atoms with Crippen LogP contribution in [0.3, 0.4) is 0 Å². The number of hydrogen-bond donors (Lipinski definition) is 0. The minimum Gasteiger partial charge on any atom is -0.264 e. The van der Waals surface area contributed by atoms with Crippen molar-refractivity contribution in [3.05, 3.63) is 10.1 Å². The van der Waals surface area contributed by atoms with Crippen molar-refractivity contribution in [2.45, 2.75) is 118 Å². The van der Waals surface area contributed by atoms with Crippen molar-refractivity contribution in [1.29, 1.82) is 0 Å². The van der Waals surface area contributed by atoms with Gasteiger partial charge in [-0.05, 0) is 84.9 Å². The van der Waals surface area contributed by atoms with Gasteiger partial charge in [0.15, 0.2) is 0 Å². The van der Waals surface area contributed by atoms with Crippen molar-refractivity contribution in [3.63, 3.8) is 0 Å². The van der Waals surface area contributed by atoms with Crippen LogP contribution in [0.5, 0.6) is 0 Å². The van der Waals surface area contributed by atoms with E-state index in [2.05, 4.69) is 34.6 Å². The fourth-order valence-corrected chi connectivity index (χ4v) is 9.61. The van der Waals surface area contributed by atoms with E-state index in [9.17, 15) is 10.1 Å². The van der Waals surface area contributed by atoms with E-state index >= 15 is 0 Å². The zero-order valence-electron chi connectivity index (χ0n) is 20.4. The first-order valence-electron chi connectivity index (χ1n) is 13.3. The second-order valence-corrected chi connectivity index (χ2v) is 12.9. The van der Waals surface area contributed by atoms with Crippen LogP contribution in [0.15, 0.2) is 0 Å². The first-order chi connectivity index (χ1) is 14.2. The maximum absolute atomic E-state index is 12.1. The van der Waals surface area contributed by atoms with Gasteiger partial charge in [0.25, 0.3) is 0 Å². The third-order valence-electron chi connectivity index (χ3n) is 11.1. The van der Waals surface area contributed by atoms with Crippen LogP contribution in [0.25, 0.3) is 0 Å². The van der Waals surface area contributed by atoms with Crippen LogP contribution in [0.4, 0.5) is 0 Å². The molecule has 9 atom stereocenters. The lowest BCUT2D eigenvalue weighted by molar-refractivity contribution is -0.547. The molecule has 0 aromatic heterocycles.